The normalized spacial score (nSPS) is 16.7. The summed E-state index contributed by atoms with van der Waals surface area (Å²) in [4.78, 5) is 25.6. The quantitative estimate of drug-likeness (QED) is 0.632. The molecule has 1 heterocycles. The SMILES string of the molecule is CC(=O)Nc1cccc(/C(C)=N\NC(=O)c2cc3c(s2)CC[C@H](C)C3)c1. The second kappa shape index (κ2) is 7.83. The van der Waals surface area contributed by atoms with Crippen LogP contribution < -0.4 is 10.7 Å². The van der Waals surface area contributed by atoms with Crippen LogP contribution in [0.25, 0.3) is 0 Å². The Hall–Kier alpha value is -2.47. The lowest BCUT2D eigenvalue weighted by Gasteiger charge is -2.16. The van der Waals surface area contributed by atoms with Gasteiger partial charge in [-0.05, 0) is 61.4 Å². The third-order valence-corrected chi connectivity index (χ3v) is 5.71. The van der Waals surface area contributed by atoms with Crippen LogP contribution in [0.1, 0.15) is 52.9 Å². The summed E-state index contributed by atoms with van der Waals surface area (Å²) < 4.78 is 0. The predicted molar refractivity (Wildman–Crippen MR) is 106 cm³/mol. The minimum atomic E-state index is -0.172. The highest BCUT2D eigenvalue weighted by Gasteiger charge is 2.20. The van der Waals surface area contributed by atoms with Crippen LogP contribution >= 0.6 is 11.3 Å². The van der Waals surface area contributed by atoms with Crippen LogP contribution in [0, 0.1) is 5.92 Å². The van der Waals surface area contributed by atoms with E-state index in [4.69, 9.17) is 0 Å². The highest BCUT2D eigenvalue weighted by molar-refractivity contribution is 7.14. The summed E-state index contributed by atoms with van der Waals surface area (Å²) in [5, 5.41) is 6.97. The van der Waals surface area contributed by atoms with Gasteiger partial charge in [0.1, 0.15) is 0 Å². The zero-order valence-corrected chi connectivity index (χ0v) is 16.1. The van der Waals surface area contributed by atoms with Crippen LogP contribution in [0.3, 0.4) is 0 Å². The number of carbonyl (C=O) groups excluding carboxylic acids is 2. The number of aryl methyl sites for hydroxylation is 1. The molecule has 3 rings (SSSR count). The summed E-state index contributed by atoms with van der Waals surface area (Å²) in [7, 11) is 0. The Morgan fingerprint density at radius 1 is 1.23 bits per heavy atom. The average Bonchev–Trinajstić information content (AvgIpc) is 3.02. The van der Waals surface area contributed by atoms with Crippen molar-refractivity contribution in [3.63, 3.8) is 0 Å². The fraction of sp³-hybridized carbons (Fsp3) is 0.350. The Kier molecular flexibility index (Phi) is 5.52. The van der Waals surface area contributed by atoms with E-state index < -0.39 is 0 Å². The Bertz CT molecular complexity index is 870. The number of thiophene rings is 1. The van der Waals surface area contributed by atoms with Gasteiger partial charge in [-0.2, -0.15) is 5.10 Å². The van der Waals surface area contributed by atoms with E-state index in [0.29, 0.717) is 22.2 Å². The van der Waals surface area contributed by atoms with Crippen molar-refractivity contribution in [3.05, 3.63) is 51.2 Å². The van der Waals surface area contributed by atoms with Gasteiger partial charge in [-0.15, -0.1) is 11.3 Å². The molecule has 1 aliphatic rings. The van der Waals surface area contributed by atoms with E-state index in [1.807, 2.05) is 37.3 Å². The molecule has 0 unspecified atom stereocenters. The maximum Gasteiger partial charge on any atom is 0.281 e. The number of nitrogens with zero attached hydrogens (tertiary/aromatic N) is 1. The molecule has 2 aromatic rings. The number of rotatable bonds is 4. The van der Waals surface area contributed by atoms with Gasteiger partial charge in [-0.1, -0.05) is 19.1 Å². The van der Waals surface area contributed by atoms with E-state index in [1.165, 1.54) is 23.8 Å². The van der Waals surface area contributed by atoms with Crippen LogP contribution in [-0.2, 0) is 17.6 Å². The summed E-state index contributed by atoms with van der Waals surface area (Å²) in [6.07, 6.45) is 3.31. The number of hydrogen-bond acceptors (Lipinski definition) is 4. The molecule has 0 aliphatic heterocycles. The van der Waals surface area contributed by atoms with Crippen molar-refractivity contribution in [3.8, 4) is 0 Å². The van der Waals surface area contributed by atoms with E-state index in [1.54, 1.807) is 11.3 Å². The van der Waals surface area contributed by atoms with Crippen LogP contribution in [-0.4, -0.2) is 17.5 Å². The molecule has 2 N–H and O–H groups in total. The minimum Gasteiger partial charge on any atom is -0.326 e. The topological polar surface area (TPSA) is 70.6 Å². The van der Waals surface area contributed by atoms with Crippen molar-refractivity contribution >= 4 is 34.6 Å². The maximum atomic E-state index is 12.4. The molecule has 1 aliphatic carbocycles. The van der Waals surface area contributed by atoms with Crippen molar-refractivity contribution in [2.75, 3.05) is 5.32 Å². The maximum absolute atomic E-state index is 12.4. The van der Waals surface area contributed by atoms with Crippen LogP contribution in [0.15, 0.2) is 35.4 Å². The fourth-order valence-electron chi connectivity index (χ4n) is 3.10. The number of fused-ring (bicyclic) bond motifs is 1. The summed E-state index contributed by atoms with van der Waals surface area (Å²) >= 11 is 1.57. The monoisotopic (exact) mass is 369 g/mol. The van der Waals surface area contributed by atoms with Gasteiger partial charge in [0.2, 0.25) is 5.91 Å². The molecule has 1 atom stereocenters. The molecule has 0 fully saturated rings. The first-order valence-electron chi connectivity index (χ1n) is 8.76. The number of amides is 2. The molecule has 2 amide bonds. The van der Waals surface area contributed by atoms with Crippen LogP contribution in [0.2, 0.25) is 0 Å². The summed E-state index contributed by atoms with van der Waals surface area (Å²) in [6, 6.07) is 9.39. The van der Waals surface area contributed by atoms with E-state index in [0.717, 1.165) is 18.4 Å². The van der Waals surface area contributed by atoms with E-state index in [9.17, 15) is 9.59 Å². The molecule has 0 saturated carbocycles. The van der Waals surface area contributed by atoms with Gasteiger partial charge >= 0.3 is 0 Å². The highest BCUT2D eigenvalue weighted by Crippen LogP contribution is 2.32. The summed E-state index contributed by atoms with van der Waals surface area (Å²) in [6.45, 7) is 5.55. The molecule has 0 bridgehead atoms. The van der Waals surface area contributed by atoms with E-state index in [-0.39, 0.29) is 11.8 Å². The predicted octanol–water partition coefficient (Wildman–Crippen LogP) is 3.99. The zero-order chi connectivity index (χ0) is 18.7. The Morgan fingerprint density at radius 2 is 2.04 bits per heavy atom. The first kappa shape index (κ1) is 18.3. The molecule has 5 nitrogen and oxygen atoms in total. The standard InChI is InChI=1S/C20H23N3O2S/c1-12-7-8-18-16(9-12)11-19(26-18)20(25)23-22-13(2)15-5-4-6-17(10-15)21-14(3)24/h4-6,10-12H,7-9H2,1-3H3,(H,21,24)(H,23,25)/b22-13-/t12-/m0/s1. The number of hydrazone groups is 1. The van der Waals surface area contributed by atoms with Crippen molar-refractivity contribution < 1.29 is 9.59 Å². The molecule has 0 radical (unpaired) electrons. The molecule has 0 saturated heterocycles. The summed E-state index contributed by atoms with van der Waals surface area (Å²) in [5.74, 6) is 0.389. The molecular weight excluding hydrogens is 346 g/mol. The summed E-state index contributed by atoms with van der Waals surface area (Å²) in [5.41, 5.74) is 6.19. The molecule has 1 aromatic carbocycles. The Balaban J connectivity index is 1.69. The van der Waals surface area contributed by atoms with Crippen molar-refractivity contribution in [2.24, 2.45) is 11.0 Å². The van der Waals surface area contributed by atoms with E-state index in [2.05, 4.69) is 22.8 Å². The van der Waals surface area contributed by atoms with Gasteiger partial charge in [0.25, 0.3) is 5.91 Å². The fourth-order valence-corrected chi connectivity index (χ4v) is 4.20. The lowest BCUT2D eigenvalue weighted by atomic mass is 9.90. The van der Waals surface area contributed by atoms with Crippen LogP contribution in [0.4, 0.5) is 5.69 Å². The van der Waals surface area contributed by atoms with Gasteiger partial charge < -0.3 is 5.32 Å². The first-order valence-corrected chi connectivity index (χ1v) is 9.58. The van der Waals surface area contributed by atoms with Gasteiger partial charge in [-0.3, -0.25) is 9.59 Å². The number of nitrogens with one attached hydrogen (secondary N) is 2. The average molecular weight is 369 g/mol. The molecule has 6 heteroatoms. The molecule has 0 spiro atoms. The van der Waals surface area contributed by atoms with Crippen LogP contribution in [0.5, 0.6) is 0 Å². The number of carbonyl (C=O) groups is 2. The highest BCUT2D eigenvalue weighted by atomic mass is 32.1. The largest absolute Gasteiger partial charge is 0.326 e. The third kappa shape index (κ3) is 4.38. The van der Waals surface area contributed by atoms with Crippen molar-refractivity contribution in [1.29, 1.82) is 0 Å². The number of hydrogen-bond donors (Lipinski definition) is 2. The third-order valence-electron chi connectivity index (χ3n) is 4.48. The smallest absolute Gasteiger partial charge is 0.281 e. The zero-order valence-electron chi connectivity index (χ0n) is 15.3. The van der Waals surface area contributed by atoms with Crippen molar-refractivity contribution in [1.82, 2.24) is 5.43 Å². The van der Waals surface area contributed by atoms with E-state index >= 15 is 0 Å². The van der Waals surface area contributed by atoms with Gasteiger partial charge in [0.15, 0.2) is 0 Å². The van der Waals surface area contributed by atoms with Gasteiger partial charge in [0.05, 0.1) is 10.6 Å². The second-order valence-corrected chi connectivity index (χ2v) is 7.94. The molecule has 1 aromatic heterocycles. The number of benzene rings is 1. The van der Waals surface area contributed by atoms with Gasteiger partial charge in [-0.25, -0.2) is 5.43 Å². The Morgan fingerprint density at radius 3 is 2.81 bits per heavy atom. The van der Waals surface area contributed by atoms with Crippen molar-refractivity contribution in [2.45, 2.75) is 40.0 Å². The number of anilines is 1. The molecule has 26 heavy (non-hydrogen) atoms. The van der Waals surface area contributed by atoms with Gasteiger partial charge in [0, 0.05) is 17.5 Å². The molecule has 136 valence electrons. The first-order chi connectivity index (χ1) is 12.4. The lowest BCUT2D eigenvalue weighted by Crippen LogP contribution is -2.18. The lowest BCUT2D eigenvalue weighted by molar-refractivity contribution is -0.114. The molecular formula is C20H23N3O2S. The second-order valence-electron chi connectivity index (χ2n) is 6.81. The Labute approximate surface area is 157 Å². The minimum absolute atomic E-state index is 0.124.